The van der Waals surface area contributed by atoms with Crippen LogP contribution in [0.15, 0.2) is 35.2 Å². The van der Waals surface area contributed by atoms with Gasteiger partial charge in [0.15, 0.2) is 0 Å². The third kappa shape index (κ3) is 3.10. The molecule has 0 saturated carbocycles. The normalized spacial score (nSPS) is 16.1. The van der Waals surface area contributed by atoms with Gasteiger partial charge in [-0.2, -0.15) is 0 Å². The zero-order valence-corrected chi connectivity index (χ0v) is 15.5. The molecule has 1 aliphatic rings. The Morgan fingerprint density at radius 3 is 2.60 bits per heavy atom. The number of nitrogens with zero attached hydrogens (tertiary/aromatic N) is 3. The van der Waals surface area contributed by atoms with Gasteiger partial charge in [0, 0.05) is 30.6 Å². The second kappa shape index (κ2) is 6.45. The van der Waals surface area contributed by atoms with Gasteiger partial charge in [-0.25, -0.2) is 0 Å². The molecule has 128 valence electrons. The molecule has 25 heavy (non-hydrogen) atoms. The van der Waals surface area contributed by atoms with Crippen LogP contribution in [-0.4, -0.2) is 31.7 Å². The number of nitro groups is 1. The Morgan fingerprint density at radius 1 is 1.28 bits per heavy atom. The third-order valence-corrected chi connectivity index (χ3v) is 5.53. The van der Waals surface area contributed by atoms with Crippen molar-refractivity contribution in [3.05, 3.63) is 62.3 Å². The highest BCUT2D eigenvalue weighted by Gasteiger charge is 2.29. The van der Waals surface area contributed by atoms with E-state index in [2.05, 4.69) is 0 Å². The van der Waals surface area contributed by atoms with Gasteiger partial charge in [0.1, 0.15) is 4.32 Å². The molecule has 1 saturated heterocycles. The Balaban J connectivity index is 2.06. The van der Waals surface area contributed by atoms with Crippen LogP contribution in [0.5, 0.6) is 0 Å². The number of amides is 1. The number of aryl methyl sites for hydroxylation is 1. The summed E-state index contributed by atoms with van der Waals surface area (Å²) >= 11 is 6.42. The van der Waals surface area contributed by atoms with E-state index < -0.39 is 4.92 Å². The van der Waals surface area contributed by atoms with Crippen molar-refractivity contribution in [2.75, 3.05) is 7.05 Å². The van der Waals surface area contributed by atoms with Crippen molar-refractivity contribution < 1.29 is 9.72 Å². The van der Waals surface area contributed by atoms with Gasteiger partial charge < -0.3 is 4.57 Å². The molecule has 8 heteroatoms. The first-order chi connectivity index (χ1) is 11.8. The van der Waals surface area contributed by atoms with Crippen LogP contribution in [0, 0.1) is 24.0 Å². The van der Waals surface area contributed by atoms with Crippen molar-refractivity contribution in [2.45, 2.75) is 13.8 Å². The number of benzene rings is 1. The molecule has 2 heterocycles. The van der Waals surface area contributed by atoms with Gasteiger partial charge >= 0.3 is 0 Å². The Kier molecular flexibility index (Phi) is 4.49. The van der Waals surface area contributed by atoms with Gasteiger partial charge in [-0.1, -0.05) is 30.0 Å². The lowest BCUT2D eigenvalue weighted by molar-refractivity contribution is -0.384. The quantitative estimate of drug-likeness (QED) is 0.354. The molecule has 3 rings (SSSR count). The highest BCUT2D eigenvalue weighted by Crippen LogP contribution is 2.33. The van der Waals surface area contributed by atoms with Crippen LogP contribution in [0.2, 0.25) is 0 Å². The molecule has 0 atom stereocenters. The van der Waals surface area contributed by atoms with Gasteiger partial charge in [-0.05, 0) is 37.6 Å². The first kappa shape index (κ1) is 17.4. The standard InChI is InChI=1S/C17H15N3O3S2/c1-10-7-12(8-15-16(21)18(3)17(24)25-15)11(2)19(10)13-5-4-6-14(9-13)20(22)23/h4-9H,1-3H3/b15-8+. The van der Waals surface area contributed by atoms with E-state index in [1.165, 1.54) is 28.8 Å². The van der Waals surface area contributed by atoms with E-state index in [4.69, 9.17) is 12.2 Å². The van der Waals surface area contributed by atoms with Gasteiger partial charge in [-0.3, -0.25) is 19.8 Å². The predicted octanol–water partition coefficient (Wildman–Crippen LogP) is 3.83. The minimum Gasteiger partial charge on any atom is -0.318 e. The number of non-ortho nitro benzene ring substituents is 1. The lowest BCUT2D eigenvalue weighted by Gasteiger charge is -2.09. The Morgan fingerprint density at radius 2 is 2.00 bits per heavy atom. The maximum atomic E-state index is 12.2. The highest BCUT2D eigenvalue weighted by molar-refractivity contribution is 8.26. The summed E-state index contributed by atoms with van der Waals surface area (Å²) in [7, 11) is 1.66. The molecule has 2 aromatic rings. The zero-order chi connectivity index (χ0) is 18.3. The SMILES string of the molecule is Cc1cc(/C=C2/SC(=S)N(C)C2=O)c(C)n1-c1cccc([N+](=O)[O-])c1. The number of nitro benzene ring substituents is 1. The van der Waals surface area contributed by atoms with E-state index in [1.54, 1.807) is 13.1 Å². The number of likely N-dealkylation sites (N-methyl/N-ethyl adjacent to an activating group) is 1. The number of thiocarbonyl (C=S) groups is 1. The molecule has 0 spiro atoms. The van der Waals surface area contributed by atoms with Crippen LogP contribution < -0.4 is 0 Å². The number of thioether (sulfide) groups is 1. The summed E-state index contributed by atoms with van der Waals surface area (Å²) in [6.07, 6.45) is 1.82. The average molecular weight is 373 g/mol. The number of hydrogen-bond acceptors (Lipinski definition) is 5. The molecule has 1 amide bonds. The fourth-order valence-corrected chi connectivity index (χ4v) is 3.93. The summed E-state index contributed by atoms with van der Waals surface area (Å²) in [4.78, 5) is 24.8. The molecule has 1 fully saturated rings. The Hall–Kier alpha value is -2.45. The van der Waals surface area contributed by atoms with Gasteiger partial charge in [-0.15, -0.1) is 0 Å². The van der Waals surface area contributed by atoms with Crippen molar-refractivity contribution in [3.8, 4) is 5.69 Å². The van der Waals surface area contributed by atoms with Crippen LogP contribution in [0.4, 0.5) is 5.69 Å². The van der Waals surface area contributed by atoms with Crippen molar-refractivity contribution in [1.82, 2.24) is 9.47 Å². The van der Waals surface area contributed by atoms with Crippen LogP contribution in [0.1, 0.15) is 17.0 Å². The fraction of sp³-hybridized carbons (Fsp3) is 0.176. The highest BCUT2D eigenvalue weighted by atomic mass is 32.2. The lowest BCUT2D eigenvalue weighted by Crippen LogP contribution is -2.22. The molecule has 0 N–H and O–H groups in total. The van der Waals surface area contributed by atoms with Crippen molar-refractivity contribution >= 4 is 46.0 Å². The van der Waals surface area contributed by atoms with E-state index in [0.717, 1.165) is 17.0 Å². The maximum Gasteiger partial charge on any atom is 0.271 e. The summed E-state index contributed by atoms with van der Waals surface area (Å²) < 4.78 is 2.47. The topological polar surface area (TPSA) is 68.4 Å². The molecule has 1 aromatic heterocycles. The van der Waals surface area contributed by atoms with Crippen molar-refractivity contribution in [3.63, 3.8) is 0 Å². The summed E-state index contributed by atoms with van der Waals surface area (Å²) in [6, 6.07) is 8.44. The summed E-state index contributed by atoms with van der Waals surface area (Å²) in [5.74, 6) is -0.116. The van der Waals surface area contributed by atoms with Crippen molar-refractivity contribution in [2.24, 2.45) is 0 Å². The average Bonchev–Trinajstić information content (AvgIpc) is 2.98. The van der Waals surface area contributed by atoms with Crippen molar-refractivity contribution in [1.29, 1.82) is 0 Å². The molecule has 1 aliphatic heterocycles. The van der Waals surface area contributed by atoms with E-state index >= 15 is 0 Å². The van der Waals surface area contributed by atoms with Crippen LogP contribution in [0.25, 0.3) is 11.8 Å². The van der Waals surface area contributed by atoms with Crippen LogP contribution in [0.3, 0.4) is 0 Å². The summed E-state index contributed by atoms with van der Waals surface area (Å²) in [5.41, 5.74) is 3.47. The molecule has 0 unspecified atom stereocenters. The van der Waals surface area contributed by atoms with Gasteiger partial charge in [0.2, 0.25) is 0 Å². The Bertz CT molecular complexity index is 947. The second-order valence-corrected chi connectivity index (χ2v) is 7.36. The van der Waals surface area contributed by atoms with Crippen LogP contribution in [-0.2, 0) is 4.79 Å². The summed E-state index contributed by atoms with van der Waals surface area (Å²) in [6.45, 7) is 3.85. The molecular formula is C17H15N3O3S2. The number of carbonyl (C=O) groups excluding carboxylic acids is 1. The number of carbonyl (C=O) groups is 1. The fourth-order valence-electron chi connectivity index (χ4n) is 2.76. The van der Waals surface area contributed by atoms with E-state index in [9.17, 15) is 14.9 Å². The predicted molar refractivity (Wildman–Crippen MR) is 103 cm³/mol. The minimum absolute atomic E-state index is 0.0402. The molecule has 0 bridgehead atoms. The molecular weight excluding hydrogens is 358 g/mol. The number of rotatable bonds is 3. The maximum absolute atomic E-state index is 12.2. The third-order valence-electron chi connectivity index (χ3n) is 4.04. The zero-order valence-electron chi connectivity index (χ0n) is 13.8. The largest absolute Gasteiger partial charge is 0.318 e. The number of hydrogen-bond donors (Lipinski definition) is 0. The molecule has 0 radical (unpaired) electrons. The second-order valence-electron chi connectivity index (χ2n) is 5.68. The molecule has 0 aliphatic carbocycles. The van der Waals surface area contributed by atoms with Gasteiger partial charge in [0.25, 0.3) is 11.6 Å². The summed E-state index contributed by atoms with van der Waals surface area (Å²) in [5, 5.41) is 11.0. The smallest absolute Gasteiger partial charge is 0.271 e. The van der Waals surface area contributed by atoms with Gasteiger partial charge in [0.05, 0.1) is 15.5 Å². The van der Waals surface area contributed by atoms with E-state index in [1.807, 2.05) is 36.6 Å². The minimum atomic E-state index is -0.412. The first-order valence-corrected chi connectivity index (χ1v) is 8.67. The lowest BCUT2D eigenvalue weighted by atomic mass is 10.2. The molecule has 6 nitrogen and oxygen atoms in total. The monoisotopic (exact) mass is 373 g/mol. The molecule has 1 aromatic carbocycles. The Labute approximate surface area is 154 Å². The van der Waals surface area contributed by atoms with E-state index in [-0.39, 0.29) is 11.6 Å². The first-order valence-electron chi connectivity index (χ1n) is 7.45. The van der Waals surface area contributed by atoms with E-state index in [0.29, 0.717) is 14.9 Å². The number of aromatic nitrogens is 1. The van der Waals surface area contributed by atoms with Crippen LogP contribution >= 0.6 is 24.0 Å².